The molecule has 0 atom stereocenters. The summed E-state index contributed by atoms with van der Waals surface area (Å²) in [4.78, 5) is 37.9. The van der Waals surface area contributed by atoms with Crippen molar-refractivity contribution in [2.24, 2.45) is 0 Å². The predicted octanol–water partition coefficient (Wildman–Crippen LogP) is 3.30. The van der Waals surface area contributed by atoms with E-state index in [9.17, 15) is 9.59 Å². The summed E-state index contributed by atoms with van der Waals surface area (Å²) in [6.07, 6.45) is 7.44. The lowest BCUT2D eigenvalue weighted by Gasteiger charge is -2.35. The fourth-order valence-electron chi connectivity index (χ4n) is 5.52. The van der Waals surface area contributed by atoms with Crippen LogP contribution >= 0.6 is 0 Å². The maximum Gasteiger partial charge on any atom is 0.315 e. The van der Waals surface area contributed by atoms with E-state index in [1.165, 1.54) is 11.1 Å². The van der Waals surface area contributed by atoms with Crippen LogP contribution < -0.4 is 15.0 Å². The Bertz CT molecular complexity index is 1280. The fourth-order valence-corrected chi connectivity index (χ4v) is 5.52. The zero-order valence-electron chi connectivity index (χ0n) is 20.9. The van der Waals surface area contributed by atoms with Crippen molar-refractivity contribution in [3.05, 3.63) is 77.1 Å². The van der Waals surface area contributed by atoms with E-state index in [2.05, 4.69) is 49.4 Å². The minimum absolute atomic E-state index is 0.0942. The molecule has 1 aliphatic carbocycles. The van der Waals surface area contributed by atoms with Gasteiger partial charge in [0.1, 0.15) is 5.75 Å². The standard InChI is InChI=1S/C29H31N5O3/c35-26(22-7-8-23-17-28(36)37-27(23)16-22)6-3-9-33-10-12-34(13-11-33)25-18-30-29(31-19-25)32-24-14-20-4-1-2-5-21(20)15-24/h1-2,4-5,7-8,16,18-19,24H,3,6,9-15,17H2,(H,30,31,32). The van der Waals surface area contributed by atoms with Crippen molar-refractivity contribution < 1.29 is 14.3 Å². The second kappa shape index (κ2) is 10.3. The summed E-state index contributed by atoms with van der Waals surface area (Å²) < 4.78 is 5.18. The molecule has 2 aliphatic heterocycles. The molecule has 0 radical (unpaired) electrons. The number of nitrogens with zero attached hydrogens (tertiary/aromatic N) is 4. The van der Waals surface area contributed by atoms with Gasteiger partial charge in [0.15, 0.2) is 5.78 Å². The van der Waals surface area contributed by atoms with Gasteiger partial charge in [0, 0.05) is 49.8 Å². The molecule has 1 N–H and O–H groups in total. The van der Waals surface area contributed by atoms with Gasteiger partial charge in [-0.2, -0.15) is 0 Å². The van der Waals surface area contributed by atoms with Crippen molar-refractivity contribution in [1.29, 1.82) is 0 Å². The molecule has 8 nitrogen and oxygen atoms in total. The average Bonchev–Trinajstić information content (AvgIpc) is 3.50. The molecule has 2 aromatic carbocycles. The van der Waals surface area contributed by atoms with Gasteiger partial charge in [-0.25, -0.2) is 9.97 Å². The van der Waals surface area contributed by atoms with Gasteiger partial charge < -0.3 is 15.0 Å². The number of carbonyl (C=O) groups is 2. The zero-order chi connectivity index (χ0) is 25.2. The molecule has 1 saturated heterocycles. The van der Waals surface area contributed by atoms with Crippen LogP contribution in [-0.2, 0) is 24.1 Å². The number of aromatic nitrogens is 2. The third-order valence-electron chi connectivity index (χ3n) is 7.59. The minimum atomic E-state index is -0.256. The predicted molar refractivity (Wildman–Crippen MR) is 141 cm³/mol. The first-order valence-electron chi connectivity index (χ1n) is 13.1. The smallest absolute Gasteiger partial charge is 0.315 e. The van der Waals surface area contributed by atoms with Crippen molar-refractivity contribution in [2.75, 3.05) is 42.9 Å². The number of Topliss-reactive ketones (excluding diaryl/α,β-unsaturated/α-hetero) is 1. The molecular weight excluding hydrogens is 466 g/mol. The Morgan fingerprint density at radius 2 is 1.70 bits per heavy atom. The molecule has 0 spiro atoms. The van der Waals surface area contributed by atoms with Crippen molar-refractivity contribution in [2.45, 2.75) is 38.1 Å². The third kappa shape index (κ3) is 5.34. The summed E-state index contributed by atoms with van der Waals surface area (Å²) in [5.74, 6) is 1.06. The molecule has 190 valence electrons. The number of hydrogen-bond donors (Lipinski definition) is 1. The van der Waals surface area contributed by atoms with Gasteiger partial charge in [-0.05, 0) is 43.0 Å². The Morgan fingerprint density at radius 1 is 0.973 bits per heavy atom. The Balaban J connectivity index is 0.930. The van der Waals surface area contributed by atoms with E-state index in [0.717, 1.165) is 63.2 Å². The van der Waals surface area contributed by atoms with E-state index in [4.69, 9.17) is 4.74 Å². The lowest BCUT2D eigenvalue weighted by Crippen LogP contribution is -2.46. The number of ether oxygens (including phenoxy) is 1. The zero-order valence-corrected chi connectivity index (χ0v) is 20.9. The van der Waals surface area contributed by atoms with Gasteiger partial charge in [-0.15, -0.1) is 0 Å². The van der Waals surface area contributed by atoms with E-state index in [1.807, 2.05) is 18.5 Å². The monoisotopic (exact) mass is 497 g/mol. The van der Waals surface area contributed by atoms with Crippen LogP contribution in [0.15, 0.2) is 54.9 Å². The number of ketones is 1. The minimum Gasteiger partial charge on any atom is -0.426 e. The Labute approximate surface area is 216 Å². The van der Waals surface area contributed by atoms with Crippen LogP contribution in [0.3, 0.4) is 0 Å². The van der Waals surface area contributed by atoms with E-state index in [-0.39, 0.29) is 11.8 Å². The van der Waals surface area contributed by atoms with E-state index in [1.54, 1.807) is 12.1 Å². The largest absolute Gasteiger partial charge is 0.426 e. The summed E-state index contributed by atoms with van der Waals surface area (Å²) in [6, 6.07) is 14.3. The summed E-state index contributed by atoms with van der Waals surface area (Å²) in [5.41, 5.74) is 5.35. The number of nitrogens with one attached hydrogen (secondary N) is 1. The first kappa shape index (κ1) is 23.6. The highest BCUT2D eigenvalue weighted by atomic mass is 16.5. The molecule has 3 aromatic rings. The lowest BCUT2D eigenvalue weighted by atomic mass is 10.0. The van der Waals surface area contributed by atoms with Gasteiger partial charge in [0.2, 0.25) is 5.95 Å². The third-order valence-corrected chi connectivity index (χ3v) is 7.59. The number of hydrogen-bond acceptors (Lipinski definition) is 8. The van der Waals surface area contributed by atoms with E-state index < -0.39 is 0 Å². The first-order chi connectivity index (χ1) is 18.1. The van der Waals surface area contributed by atoms with Crippen LogP contribution in [0.25, 0.3) is 0 Å². The summed E-state index contributed by atoms with van der Waals surface area (Å²) >= 11 is 0. The van der Waals surface area contributed by atoms with Gasteiger partial charge in [-0.1, -0.05) is 36.4 Å². The second-order valence-electron chi connectivity index (χ2n) is 10.1. The van der Waals surface area contributed by atoms with Crippen LogP contribution in [0.4, 0.5) is 11.6 Å². The lowest BCUT2D eigenvalue weighted by molar-refractivity contribution is -0.131. The van der Waals surface area contributed by atoms with Crippen molar-refractivity contribution in [1.82, 2.24) is 14.9 Å². The van der Waals surface area contributed by atoms with Crippen LogP contribution in [0.5, 0.6) is 5.75 Å². The van der Waals surface area contributed by atoms with Gasteiger partial charge in [-0.3, -0.25) is 14.5 Å². The van der Waals surface area contributed by atoms with Crippen LogP contribution in [0.1, 0.15) is 39.9 Å². The maximum atomic E-state index is 12.6. The van der Waals surface area contributed by atoms with Gasteiger partial charge in [0.05, 0.1) is 24.5 Å². The van der Waals surface area contributed by atoms with Crippen molar-refractivity contribution in [3.63, 3.8) is 0 Å². The summed E-state index contributed by atoms with van der Waals surface area (Å²) in [6.45, 7) is 4.62. The van der Waals surface area contributed by atoms with E-state index in [0.29, 0.717) is 36.1 Å². The maximum absolute atomic E-state index is 12.6. The molecule has 8 heteroatoms. The van der Waals surface area contributed by atoms with Gasteiger partial charge in [0.25, 0.3) is 0 Å². The quantitative estimate of drug-likeness (QED) is 0.288. The highest BCUT2D eigenvalue weighted by molar-refractivity contribution is 5.97. The Morgan fingerprint density at radius 3 is 2.43 bits per heavy atom. The van der Waals surface area contributed by atoms with Crippen LogP contribution in [0, 0.1) is 0 Å². The van der Waals surface area contributed by atoms with Gasteiger partial charge >= 0.3 is 5.97 Å². The number of anilines is 2. The highest BCUT2D eigenvalue weighted by Gasteiger charge is 2.23. The Kier molecular flexibility index (Phi) is 6.57. The first-order valence-corrected chi connectivity index (χ1v) is 13.1. The topological polar surface area (TPSA) is 87.7 Å². The molecule has 0 amide bonds. The molecule has 6 rings (SSSR count). The van der Waals surface area contributed by atoms with Crippen molar-refractivity contribution >= 4 is 23.4 Å². The van der Waals surface area contributed by atoms with E-state index >= 15 is 0 Å². The average molecular weight is 498 g/mol. The molecule has 1 fully saturated rings. The number of rotatable bonds is 8. The molecule has 0 bridgehead atoms. The number of fused-ring (bicyclic) bond motifs is 2. The second-order valence-corrected chi connectivity index (χ2v) is 10.1. The number of piperazine rings is 1. The fraction of sp³-hybridized carbons (Fsp3) is 0.379. The van der Waals surface area contributed by atoms with Crippen LogP contribution in [-0.4, -0.2) is 65.4 Å². The molecular formula is C29H31N5O3. The number of benzene rings is 2. The normalized spacial score (nSPS) is 17.4. The molecule has 37 heavy (non-hydrogen) atoms. The molecule has 0 unspecified atom stereocenters. The highest BCUT2D eigenvalue weighted by Crippen LogP contribution is 2.28. The molecule has 0 saturated carbocycles. The SMILES string of the molecule is O=C1Cc2ccc(C(=O)CCCN3CCN(c4cnc(NC5Cc6ccccc6C5)nc4)CC3)cc2O1. The number of esters is 1. The summed E-state index contributed by atoms with van der Waals surface area (Å²) in [5, 5.41) is 3.48. The van der Waals surface area contributed by atoms with Crippen LogP contribution in [0.2, 0.25) is 0 Å². The molecule has 3 aliphatic rings. The Hall–Kier alpha value is -3.78. The molecule has 3 heterocycles. The number of carbonyl (C=O) groups excluding carboxylic acids is 2. The summed E-state index contributed by atoms with van der Waals surface area (Å²) in [7, 11) is 0. The molecule has 1 aromatic heterocycles. The van der Waals surface area contributed by atoms with Crippen molar-refractivity contribution in [3.8, 4) is 5.75 Å².